The molecule has 0 bridgehead atoms. The van der Waals surface area contributed by atoms with Gasteiger partial charge in [-0.3, -0.25) is 4.79 Å². The van der Waals surface area contributed by atoms with Crippen molar-refractivity contribution in [1.82, 2.24) is 0 Å². The van der Waals surface area contributed by atoms with Crippen LogP contribution in [0.4, 0.5) is 0 Å². The van der Waals surface area contributed by atoms with Gasteiger partial charge in [0.1, 0.15) is 5.75 Å². The molecule has 0 N–H and O–H groups in total. The Hall–Kier alpha value is -2.13. The van der Waals surface area contributed by atoms with Crippen molar-refractivity contribution >= 4 is 5.78 Å². The Bertz CT molecular complexity index is 588. The van der Waals surface area contributed by atoms with Crippen molar-refractivity contribution in [3.63, 3.8) is 0 Å². The van der Waals surface area contributed by atoms with Crippen LogP contribution in [0.2, 0.25) is 0 Å². The van der Waals surface area contributed by atoms with Gasteiger partial charge in [0.05, 0.1) is 6.61 Å². The highest BCUT2D eigenvalue weighted by molar-refractivity contribution is 5.97. The minimum atomic E-state index is -0.0187. The van der Waals surface area contributed by atoms with Crippen molar-refractivity contribution in [3.8, 4) is 5.75 Å². The number of ketones is 1. The molecule has 0 aliphatic rings. The molecule has 2 aromatic rings. The first-order chi connectivity index (χ1) is 10.2. The Labute approximate surface area is 125 Å². The minimum Gasteiger partial charge on any atom is -0.485 e. The molecule has 0 spiro atoms. The smallest absolute Gasteiger partial charge is 0.200 e. The molecule has 3 nitrogen and oxygen atoms in total. The Balaban J connectivity index is 1.95. The van der Waals surface area contributed by atoms with Crippen LogP contribution >= 0.6 is 0 Å². The SMILES string of the molecule is CCc1ccc(C(=O)COc2cccc(COC)c2)cc1. The molecular weight excluding hydrogens is 264 g/mol. The highest BCUT2D eigenvalue weighted by Gasteiger charge is 2.07. The fourth-order valence-electron chi connectivity index (χ4n) is 2.05. The molecule has 0 atom stereocenters. The number of Topliss-reactive ketones (excluding diaryl/α,β-unsaturated/α-hetero) is 1. The summed E-state index contributed by atoms with van der Waals surface area (Å²) >= 11 is 0. The number of benzene rings is 2. The summed E-state index contributed by atoms with van der Waals surface area (Å²) in [5.41, 5.74) is 2.93. The van der Waals surface area contributed by atoms with E-state index in [2.05, 4.69) is 6.92 Å². The molecule has 2 aromatic carbocycles. The predicted molar refractivity (Wildman–Crippen MR) is 82.8 cm³/mol. The van der Waals surface area contributed by atoms with Crippen LogP contribution < -0.4 is 4.74 Å². The van der Waals surface area contributed by atoms with Gasteiger partial charge in [0, 0.05) is 12.7 Å². The lowest BCUT2D eigenvalue weighted by atomic mass is 10.1. The standard InChI is InChI=1S/C18H20O3/c1-3-14-7-9-16(10-8-14)18(19)13-21-17-6-4-5-15(11-17)12-20-2/h4-11H,3,12-13H2,1-2H3. The summed E-state index contributed by atoms with van der Waals surface area (Å²) in [6.45, 7) is 2.67. The third-order valence-corrected chi connectivity index (χ3v) is 3.26. The summed E-state index contributed by atoms with van der Waals surface area (Å²) in [4.78, 5) is 12.1. The van der Waals surface area contributed by atoms with Gasteiger partial charge >= 0.3 is 0 Å². The van der Waals surface area contributed by atoms with E-state index in [0.29, 0.717) is 17.9 Å². The maximum Gasteiger partial charge on any atom is 0.200 e. The molecular formula is C18H20O3. The minimum absolute atomic E-state index is 0.0187. The number of carbonyl (C=O) groups excluding carboxylic acids is 1. The number of ether oxygens (including phenoxy) is 2. The summed E-state index contributed by atoms with van der Waals surface area (Å²) in [5.74, 6) is 0.665. The molecule has 0 unspecified atom stereocenters. The average molecular weight is 284 g/mol. The monoisotopic (exact) mass is 284 g/mol. The fraction of sp³-hybridized carbons (Fsp3) is 0.278. The van der Waals surface area contributed by atoms with E-state index in [1.807, 2.05) is 48.5 Å². The summed E-state index contributed by atoms with van der Waals surface area (Å²) in [6, 6.07) is 15.2. The first-order valence-electron chi connectivity index (χ1n) is 7.05. The van der Waals surface area contributed by atoms with Crippen LogP contribution in [0.5, 0.6) is 5.75 Å². The van der Waals surface area contributed by atoms with E-state index in [1.54, 1.807) is 7.11 Å². The quantitative estimate of drug-likeness (QED) is 0.728. The second kappa shape index (κ2) is 7.60. The largest absolute Gasteiger partial charge is 0.485 e. The molecule has 0 saturated carbocycles. The maximum absolute atomic E-state index is 12.1. The van der Waals surface area contributed by atoms with Crippen molar-refractivity contribution < 1.29 is 14.3 Å². The number of carbonyl (C=O) groups is 1. The topological polar surface area (TPSA) is 35.5 Å². The van der Waals surface area contributed by atoms with Gasteiger partial charge in [0.25, 0.3) is 0 Å². The van der Waals surface area contributed by atoms with Crippen LogP contribution in [-0.4, -0.2) is 19.5 Å². The molecule has 0 fully saturated rings. The van der Waals surface area contributed by atoms with Gasteiger partial charge in [-0.05, 0) is 29.7 Å². The zero-order valence-corrected chi connectivity index (χ0v) is 12.5. The summed E-state index contributed by atoms with van der Waals surface area (Å²) in [5, 5.41) is 0. The van der Waals surface area contributed by atoms with E-state index in [4.69, 9.17) is 9.47 Å². The van der Waals surface area contributed by atoms with Gasteiger partial charge < -0.3 is 9.47 Å². The Kier molecular flexibility index (Phi) is 5.52. The van der Waals surface area contributed by atoms with Crippen molar-refractivity contribution in [2.45, 2.75) is 20.0 Å². The lowest BCUT2D eigenvalue weighted by molar-refractivity contribution is 0.0921. The van der Waals surface area contributed by atoms with E-state index in [1.165, 1.54) is 5.56 Å². The lowest BCUT2D eigenvalue weighted by Gasteiger charge is -2.08. The van der Waals surface area contributed by atoms with E-state index in [-0.39, 0.29) is 12.4 Å². The molecule has 0 aliphatic heterocycles. The molecule has 2 rings (SSSR count). The van der Waals surface area contributed by atoms with Crippen LogP contribution in [-0.2, 0) is 17.8 Å². The van der Waals surface area contributed by atoms with E-state index in [0.717, 1.165) is 12.0 Å². The zero-order valence-electron chi connectivity index (χ0n) is 12.5. The highest BCUT2D eigenvalue weighted by atomic mass is 16.5. The number of hydrogen-bond donors (Lipinski definition) is 0. The van der Waals surface area contributed by atoms with Gasteiger partial charge in [-0.2, -0.15) is 0 Å². The molecule has 21 heavy (non-hydrogen) atoms. The third kappa shape index (κ3) is 4.43. The Morgan fingerprint density at radius 1 is 1.05 bits per heavy atom. The lowest BCUT2D eigenvalue weighted by Crippen LogP contribution is -2.11. The van der Waals surface area contributed by atoms with Crippen LogP contribution in [0, 0.1) is 0 Å². The van der Waals surface area contributed by atoms with Crippen LogP contribution in [0.15, 0.2) is 48.5 Å². The number of hydrogen-bond acceptors (Lipinski definition) is 3. The number of aryl methyl sites for hydroxylation is 1. The molecule has 0 saturated heterocycles. The van der Waals surface area contributed by atoms with Crippen molar-refractivity contribution in [3.05, 3.63) is 65.2 Å². The predicted octanol–water partition coefficient (Wildman–Crippen LogP) is 3.66. The first kappa shape index (κ1) is 15.3. The van der Waals surface area contributed by atoms with E-state index in [9.17, 15) is 4.79 Å². The number of methoxy groups -OCH3 is 1. The normalized spacial score (nSPS) is 10.4. The van der Waals surface area contributed by atoms with Gasteiger partial charge in [0.15, 0.2) is 12.4 Å². The zero-order chi connectivity index (χ0) is 15.1. The second-order valence-corrected chi connectivity index (χ2v) is 4.84. The van der Waals surface area contributed by atoms with Gasteiger partial charge in [-0.25, -0.2) is 0 Å². The van der Waals surface area contributed by atoms with Crippen LogP contribution in [0.3, 0.4) is 0 Å². The first-order valence-corrected chi connectivity index (χ1v) is 7.05. The molecule has 3 heteroatoms. The van der Waals surface area contributed by atoms with Crippen molar-refractivity contribution in [2.24, 2.45) is 0 Å². The Morgan fingerprint density at radius 3 is 2.48 bits per heavy atom. The summed E-state index contributed by atoms with van der Waals surface area (Å²) in [7, 11) is 1.65. The average Bonchev–Trinajstić information content (AvgIpc) is 2.53. The molecule has 0 heterocycles. The summed E-state index contributed by atoms with van der Waals surface area (Å²) < 4.78 is 10.6. The molecule has 0 aliphatic carbocycles. The summed E-state index contributed by atoms with van der Waals surface area (Å²) in [6.07, 6.45) is 0.970. The van der Waals surface area contributed by atoms with Crippen LogP contribution in [0.25, 0.3) is 0 Å². The van der Waals surface area contributed by atoms with Crippen molar-refractivity contribution in [1.29, 1.82) is 0 Å². The number of rotatable bonds is 7. The van der Waals surface area contributed by atoms with E-state index < -0.39 is 0 Å². The molecule has 0 aromatic heterocycles. The van der Waals surface area contributed by atoms with Gasteiger partial charge in [-0.1, -0.05) is 43.3 Å². The second-order valence-electron chi connectivity index (χ2n) is 4.84. The van der Waals surface area contributed by atoms with Gasteiger partial charge in [0.2, 0.25) is 0 Å². The fourth-order valence-corrected chi connectivity index (χ4v) is 2.05. The molecule has 0 amide bonds. The van der Waals surface area contributed by atoms with Crippen molar-refractivity contribution in [2.75, 3.05) is 13.7 Å². The van der Waals surface area contributed by atoms with Crippen LogP contribution in [0.1, 0.15) is 28.4 Å². The van der Waals surface area contributed by atoms with Gasteiger partial charge in [-0.15, -0.1) is 0 Å². The maximum atomic E-state index is 12.1. The third-order valence-electron chi connectivity index (χ3n) is 3.26. The molecule has 0 radical (unpaired) electrons. The highest BCUT2D eigenvalue weighted by Crippen LogP contribution is 2.14. The molecule has 110 valence electrons. The Morgan fingerprint density at radius 2 is 1.81 bits per heavy atom. The van der Waals surface area contributed by atoms with E-state index >= 15 is 0 Å².